The van der Waals surface area contributed by atoms with Gasteiger partial charge in [-0.25, -0.2) is 4.39 Å². The third-order valence-electron chi connectivity index (χ3n) is 0.640. The minimum atomic E-state index is -4.73. The van der Waals surface area contributed by atoms with Crippen LogP contribution in [0.15, 0.2) is 0 Å². The summed E-state index contributed by atoms with van der Waals surface area (Å²) in [6.45, 7) is 1.65. The van der Waals surface area contributed by atoms with Crippen molar-refractivity contribution in [1.82, 2.24) is 0 Å². The Morgan fingerprint density at radius 2 is 2.00 bits per heavy atom. The highest BCUT2D eigenvalue weighted by Gasteiger charge is 2.40. The van der Waals surface area contributed by atoms with Crippen LogP contribution in [0.25, 0.3) is 0 Å². The van der Waals surface area contributed by atoms with E-state index in [0.717, 1.165) is 0 Å². The lowest BCUT2D eigenvalue weighted by atomic mass is 10.6. The average molecular weight is 175 g/mol. The van der Waals surface area contributed by atoms with Crippen LogP contribution in [-0.4, -0.2) is 11.7 Å². The molecular weight excluding hydrogens is 168 g/mol. The zero-order valence-electron chi connectivity index (χ0n) is 5.28. The molecule has 0 bridgehead atoms. The molecule has 0 saturated heterocycles. The molecule has 0 rings (SSSR count). The highest BCUT2D eigenvalue weighted by atomic mass is 32.2. The number of alkyl halides is 4. The third-order valence-corrected chi connectivity index (χ3v) is 1.67. The van der Waals surface area contributed by atoms with Gasteiger partial charge < -0.3 is 0 Å². The van der Waals surface area contributed by atoms with Gasteiger partial charge in [-0.2, -0.15) is 13.2 Å². The van der Waals surface area contributed by atoms with Gasteiger partial charge in [0.2, 0.25) is 5.50 Å². The molecule has 0 aromatic rings. The second-order valence-electron chi connectivity index (χ2n) is 1.57. The number of thioether (sulfide) groups is 1. The van der Waals surface area contributed by atoms with Crippen LogP contribution in [0.5, 0.6) is 0 Å². The van der Waals surface area contributed by atoms with Gasteiger partial charge >= 0.3 is 6.18 Å². The zero-order chi connectivity index (χ0) is 8.20. The molecule has 1 radical (unpaired) electrons. The molecule has 0 N–H and O–H groups in total. The van der Waals surface area contributed by atoms with Crippen molar-refractivity contribution in [2.24, 2.45) is 0 Å². The Hall–Kier alpha value is 0.0700. The summed E-state index contributed by atoms with van der Waals surface area (Å²) in [6, 6.07) is 0. The molecule has 0 aromatic carbocycles. The molecule has 1 unspecified atom stereocenters. The van der Waals surface area contributed by atoms with E-state index in [1.807, 2.05) is 0 Å². The summed E-state index contributed by atoms with van der Waals surface area (Å²) in [5.41, 5.74) is -2.77. The predicted octanol–water partition coefficient (Wildman–Crippen LogP) is 3.15. The average Bonchev–Trinajstić information content (AvgIpc) is 1.80. The van der Waals surface area contributed by atoms with E-state index in [2.05, 4.69) is 0 Å². The number of halogens is 4. The van der Waals surface area contributed by atoms with E-state index in [9.17, 15) is 17.6 Å². The predicted molar refractivity (Wildman–Crippen MR) is 33.1 cm³/mol. The molecule has 0 spiro atoms. The quantitative estimate of drug-likeness (QED) is 0.594. The van der Waals surface area contributed by atoms with E-state index in [-0.39, 0.29) is 11.8 Å². The second kappa shape index (κ2) is 4.05. The molecular formula is C5H7F4S. The summed E-state index contributed by atoms with van der Waals surface area (Å²) in [5.74, 6) is 1.19. The third kappa shape index (κ3) is 3.98. The van der Waals surface area contributed by atoms with Crippen molar-refractivity contribution in [3.63, 3.8) is 0 Å². The first-order valence-corrected chi connectivity index (χ1v) is 3.60. The molecule has 0 saturated carbocycles. The molecule has 61 valence electrons. The summed E-state index contributed by atoms with van der Waals surface area (Å²) in [5, 5.41) is 0. The van der Waals surface area contributed by atoms with Crippen LogP contribution in [0.1, 0.15) is 13.3 Å². The van der Waals surface area contributed by atoms with Crippen molar-refractivity contribution in [2.45, 2.75) is 25.0 Å². The van der Waals surface area contributed by atoms with Crippen molar-refractivity contribution in [3.8, 4) is 0 Å². The summed E-state index contributed by atoms with van der Waals surface area (Å²) in [4.78, 5) is 0. The largest absolute Gasteiger partial charge is 0.429 e. The molecule has 0 heterocycles. The number of hydrogen-bond donors (Lipinski definition) is 0. The summed E-state index contributed by atoms with van der Waals surface area (Å²) < 4.78 is 46.0. The molecule has 5 heteroatoms. The molecule has 0 fully saturated rings. The zero-order valence-corrected chi connectivity index (χ0v) is 6.10. The van der Waals surface area contributed by atoms with Crippen LogP contribution in [0.3, 0.4) is 0 Å². The van der Waals surface area contributed by atoms with Crippen molar-refractivity contribution < 1.29 is 17.6 Å². The van der Waals surface area contributed by atoms with Gasteiger partial charge in [0.1, 0.15) is 0 Å². The highest BCUT2D eigenvalue weighted by Crippen LogP contribution is 2.32. The Labute approximate surface area is 61.0 Å². The molecule has 10 heavy (non-hydrogen) atoms. The SMILES string of the molecule is CC[CH]SC(F)C(F)(F)F. The fourth-order valence-electron chi connectivity index (χ4n) is 0.258. The van der Waals surface area contributed by atoms with E-state index in [4.69, 9.17) is 0 Å². The van der Waals surface area contributed by atoms with Crippen LogP contribution < -0.4 is 0 Å². The van der Waals surface area contributed by atoms with Gasteiger partial charge in [-0.05, 0) is 6.42 Å². The topological polar surface area (TPSA) is 0 Å². The minimum absolute atomic E-state index is 0.167. The smallest absolute Gasteiger partial charge is 0.225 e. The van der Waals surface area contributed by atoms with E-state index in [0.29, 0.717) is 6.42 Å². The summed E-state index contributed by atoms with van der Waals surface area (Å²) >= 11 is 0.167. The van der Waals surface area contributed by atoms with Gasteiger partial charge in [-0.1, -0.05) is 6.92 Å². The van der Waals surface area contributed by atoms with Crippen LogP contribution in [-0.2, 0) is 0 Å². The minimum Gasteiger partial charge on any atom is -0.225 e. The van der Waals surface area contributed by atoms with E-state index in [1.165, 1.54) is 5.75 Å². The van der Waals surface area contributed by atoms with E-state index >= 15 is 0 Å². The van der Waals surface area contributed by atoms with E-state index < -0.39 is 11.7 Å². The molecule has 0 aliphatic heterocycles. The Balaban J connectivity index is 3.52. The number of hydrogen-bond acceptors (Lipinski definition) is 1. The maximum absolute atomic E-state index is 11.9. The first kappa shape index (κ1) is 10.1. The molecule has 1 atom stereocenters. The standard InChI is InChI=1S/C5H7F4S/c1-2-3-10-4(6)5(7,8)9/h3-4H,2H2,1H3. The van der Waals surface area contributed by atoms with Crippen molar-refractivity contribution in [2.75, 3.05) is 0 Å². The van der Waals surface area contributed by atoms with Gasteiger partial charge in [0.25, 0.3) is 0 Å². The lowest BCUT2D eigenvalue weighted by molar-refractivity contribution is -0.153. The summed E-state index contributed by atoms with van der Waals surface area (Å²) in [6.07, 6.45) is -4.29. The van der Waals surface area contributed by atoms with Crippen LogP contribution in [0.4, 0.5) is 17.6 Å². The first-order chi connectivity index (χ1) is 4.48. The van der Waals surface area contributed by atoms with Crippen LogP contribution >= 0.6 is 11.8 Å². The van der Waals surface area contributed by atoms with E-state index in [1.54, 1.807) is 6.92 Å². The van der Waals surface area contributed by atoms with Gasteiger partial charge in [0.05, 0.1) is 0 Å². The monoisotopic (exact) mass is 175 g/mol. The van der Waals surface area contributed by atoms with Crippen LogP contribution in [0, 0.1) is 5.75 Å². The molecule has 0 aliphatic rings. The van der Waals surface area contributed by atoms with Crippen molar-refractivity contribution in [3.05, 3.63) is 5.75 Å². The number of rotatable bonds is 3. The van der Waals surface area contributed by atoms with Gasteiger partial charge in [-0.15, -0.1) is 11.8 Å². The highest BCUT2D eigenvalue weighted by molar-refractivity contribution is 8.01. The molecule has 0 aliphatic carbocycles. The van der Waals surface area contributed by atoms with Gasteiger partial charge in [0.15, 0.2) is 0 Å². The second-order valence-corrected chi connectivity index (χ2v) is 2.59. The maximum Gasteiger partial charge on any atom is 0.429 e. The Bertz CT molecular complexity index is 90.1. The van der Waals surface area contributed by atoms with Crippen LogP contribution in [0.2, 0.25) is 0 Å². The van der Waals surface area contributed by atoms with Crippen molar-refractivity contribution >= 4 is 11.8 Å². The lowest BCUT2D eigenvalue weighted by Gasteiger charge is -2.09. The fraction of sp³-hybridized carbons (Fsp3) is 0.800. The Morgan fingerprint density at radius 1 is 1.50 bits per heavy atom. The molecule has 0 aromatic heterocycles. The Kier molecular flexibility index (Phi) is 4.08. The summed E-state index contributed by atoms with van der Waals surface area (Å²) in [7, 11) is 0. The lowest BCUT2D eigenvalue weighted by Crippen LogP contribution is -2.20. The Morgan fingerprint density at radius 3 is 2.30 bits per heavy atom. The molecule has 0 nitrogen and oxygen atoms in total. The molecule has 0 amide bonds. The van der Waals surface area contributed by atoms with Crippen molar-refractivity contribution in [1.29, 1.82) is 0 Å². The first-order valence-electron chi connectivity index (χ1n) is 2.66. The van der Waals surface area contributed by atoms with Gasteiger partial charge in [0, 0.05) is 5.75 Å². The fourth-order valence-corrected chi connectivity index (χ4v) is 0.774. The van der Waals surface area contributed by atoms with Gasteiger partial charge in [-0.3, -0.25) is 0 Å². The normalized spacial score (nSPS) is 15.3. The maximum atomic E-state index is 11.9.